The van der Waals surface area contributed by atoms with Gasteiger partial charge in [-0.25, -0.2) is 0 Å². The monoisotopic (exact) mass is 287 g/mol. The molecule has 1 aliphatic rings. The molecule has 1 N–H and O–H groups in total. The van der Waals surface area contributed by atoms with Crippen LogP contribution in [0.3, 0.4) is 0 Å². The van der Waals surface area contributed by atoms with Gasteiger partial charge in [0.05, 0.1) is 12.1 Å². The number of hydrogen-bond acceptors (Lipinski definition) is 4. The van der Waals surface area contributed by atoms with Gasteiger partial charge in [0, 0.05) is 6.92 Å². The largest absolute Gasteiger partial charge is 0.450 e. The molecule has 0 saturated carbocycles. The van der Waals surface area contributed by atoms with E-state index in [2.05, 4.69) is 39.2 Å². The Hall–Kier alpha value is -0.883. The molecule has 19 heavy (non-hydrogen) atoms. The molecule has 0 aromatic heterocycles. The Morgan fingerprint density at radius 2 is 1.89 bits per heavy atom. The van der Waals surface area contributed by atoms with Gasteiger partial charge in [-0.05, 0) is 25.1 Å². The Kier molecular flexibility index (Phi) is 4.46. The van der Waals surface area contributed by atoms with Crippen LogP contribution in [0, 0.1) is 0 Å². The Morgan fingerprint density at radius 3 is 2.26 bits per heavy atom. The van der Waals surface area contributed by atoms with Gasteiger partial charge in [0.25, 0.3) is 5.91 Å². The van der Waals surface area contributed by atoms with Gasteiger partial charge < -0.3 is 14.5 Å². The van der Waals surface area contributed by atoms with E-state index in [1.54, 1.807) is 0 Å². The number of ether oxygens (including phenoxy) is 1. The molecule has 6 heteroatoms. The van der Waals surface area contributed by atoms with E-state index in [1.807, 2.05) is 6.92 Å². The SMILES string of the molecule is CC(=O)OC1C(=O)NC1C(C)O[Si](C)(C)C(C)(C)C. The Balaban J connectivity index is 2.66. The van der Waals surface area contributed by atoms with Crippen molar-refractivity contribution >= 4 is 20.2 Å². The minimum atomic E-state index is -1.90. The summed E-state index contributed by atoms with van der Waals surface area (Å²) in [7, 11) is -1.90. The van der Waals surface area contributed by atoms with E-state index < -0.39 is 20.4 Å². The molecule has 1 aliphatic heterocycles. The number of rotatable bonds is 4. The predicted octanol–water partition coefficient (Wildman–Crippen LogP) is 1.83. The molecule has 110 valence electrons. The fraction of sp³-hybridized carbons (Fsp3) is 0.846. The van der Waals surface area contributed by atoms with Crippen LogP contribution < -0.4 is 5.32 Å². The van der Waals surface area contributed by atoms with E-state index in [0.29, 0.717) is 0 Å². The van der Waals surface area contributed by atoms with E-state index >= 15 is 0 Å². The van der Waals surface area contributed by atoms with Crippen molar-refractivity contribution < 1.29 is 18.8 Å². The maximum atomic E-state index is 11.4. The van der Waals surface area contributed by atoms with Gasteiger partial charge in [0.15, 0.2) is 8.32 Å². The van der Waals surface area contributed by atoms with Crippen molar-refractivity contribution in [2.75, 3.05) is 0 Å². The highest BCUT2D eigenvalue weighted by atomic mass is 28.4. The highest BCUT2D eigenvalue weighted by molar-refractivity contribution is 6.74. The quantitative estimate of drug-likeness (QED) is 0.487. The second-order valence-corrected chi connectivity index (χ2v) is 11.4. The number of carbonyl (C=O) groups is 2. The molecule has 1 saturated heterocycles. The van der Waals surface area contributed by atoms with Crippen molar-refractivity contribution in [1.82, 2.24) is 5.32 Å². The highest BCUT2D eigenvalue weighted by Crippen LogP contribution is 2.38. The molecule has 0 bridgehead atoms. The summed E-state index contributed by atoms with van der Waals surface area (Å²) in [5, 5.41) is 2.86. The second-order valence-electron chi connectivity index (χ2n) is 6.65. The molecule has 3 unspecified atom stereocenters. The van der Waals surface area contributed by atoms with E-state index in [0.717, 1.165) is 0 Å². The van der Waals surface area contributed by atoms with Crippen molar-refractivity contribution in [2.45, 2.75) is 71.0 Å². The van der Waals surface area contributed by atoms with Crippen molar-refractivity contribution in [3.8, 4) is 0 Å². The zero-order valence-electron chi connectivity index (χ0n) is 12.9. The first-order chi connectivity index (χ1) is 8.45. The van der Waals surface area contributed by atoms with E-state index in [9.17, 15) is 9.59 Å². The normalized spacial score (nSPS) is 25.3. The van der Waals surface area contributed by atoms with Gasteiger partial charge in [0.1, 0.15) is 0 Å². The fourth-order valence-electron chi connectivity index (χ4n) is 1.77. The van der Waals surface area contributed by atoms with Crippen LogP contribution in [-0.4, -0.2) is 38.4 Å². The average molecular weight is 287 g/mol. The second kappa shape index (κ2) is 5.24. The summed E-state index contributed by atoms with van der Waals surface area (Å²) >= 11 is 0. The summed E-state index contributed by atoms with van der Waals surface area (Å²) in [6, 6.07) is -0.245. The molecule has 0 aliphatic carbocycles. The Bertz CT molecular complexity index is 375. The van der Waals surface area contributed by atoms with Gasteiger partial charge in [0.2, 0.25) is 6.10 Å². The number of carbonyl (C=O) groups excluding carboxylic acids is 2. The number of amides is 1. The zero-order chi connectivity index (χ0) is 15.0. The maximum absolute atomic E-state index is 11.4. The minimum Gasteiger partial charge on any atom is -0.450 e. The first-order valence-electron chi connectivity index (χ1n) is 6.61. The van der Waals surface area contributed by atoms with Crippen LogP contribution in [0.15, 0.2) is 0 Å². The Labute approximate surface area is 116 Å². The topological polar surface area (TPSA) is 64.6 Å². The van der Waals surface area contributed by atoms with Crippen LogP contribution in [0.5, 0.6) is 0 Å². The number of nitrogens with one attached hydrogen (secondary N) is 1. The predicted molar refractivity (Wildman–Crippen MR) is 75.2 cm³/mol. The third-order valence-electron chi connectivity index (χ3n) is 3.98. The summed E-state index contributed by atoms with van der Waals surface area (Å²) in [4.78, 5) is 22.4. The third-order valence-corrected chi connectivity index (χ3v) is 8.55. The smallest absolute Gasteiger partial charge is 0.303 e. The van der Waals surface area contributed by atoms with E-state index in [4.69, 9.17) is 9.16 Å². The molecule has 0 radical (unpaired) electrons. The summed E-state index contributed by atoms with van der Waals surface area (Å²) in [5.74, 6) is -0.685. The van der Waals surface area contributed by atoms with Crippen molar-refractivity contribution in [2.24, 2.45) is 0 Å². The van der Waals surface area contributed by atoms with Gasteiger partial charge in [-0.3, -0.25) is 9.59 Å². The number of esters is 1. The molecule has 5 nitrogen and oxygen atoms in total. The molecule has 0 aromatic rings. The minimum absolute atomic E-state index is 0.103. The molecule has 1 fully saturated rings. The van der Waals surface area contributed by atoms with Gasteiger partial charge in [-0.15, -0.1) is 0 Å². The van der Waals surface area contributed by atoms with Crippen LogP contribution >= 0.6 is 0 Å². The summed E-state index contributed by atoms with van der Waals surface area (Å²) in [6.07, 6.45) is -0.875. The van der Waals surface area contributed by atoms with Crippen molar-refractivity contribution in [3.05, 3.63) is 0 Å². The number of β-lactam (4-membered cyclic amide) rings is 1. The maximum Gasteiger partial charge on any atom is 0.303 e. The van der Waals surface area contributed by atoms with Gasteiger partial charge in [-0.1, -0.05) is 20.8 Å². The lowest BCUT2D eigenvalue weighted by Gasteiger charge is -2.44. The molecular weight excluding hydrogens is 262 g/mol. The van der Waals surface area contributed by atoms with Crippen LogP contribution in [0.1, 0.15) is 34.6 Å². The van der Waals surface area contributed by atoms with Crippen LogP contribution in [0.2, 0.25) is 18.1 Å². The molecule has 0 aromatic carbocycles. The highest BCUT2D eigenvalue weighted by Gasteiger charge is 2.48. The van der Waals surface area contributed by atoms with Crippen LogP contribution in [-0.2, 0) is 18.8 Å². The molecular formula is C13H25NO4Si. The molecule has 1 amide bonds. The third kappa shape index (κ3) is 3.57. The van der Waals surface area contributed by atoms with Crippen LogP contribution in [0.4, 0.5) is 0 Å². The van der Waals surface area contributed by atoms with E-state index in [1.165, 1.54) is 6.92 Å². The number of hydrogen-bond donors (Lipinski definition) is 1. The lowest BCUT2D eigenvalue weighted by molar-refractivity contribution is -0.167. The lowest BCUT2D eigenvalue weighted by atomic mass is 9.97. The fourth-order valence-corrected chi connectivity index (χ4v) is 3.20. The summed E-state index contributed by atoms with van der Waals surface area (Å²) in [5.41, 5.74) is 0. The molecule has 1 rings (SSSR count). The molecule has 1 heterocycles. The van der Waals surface area contributed by atoms with Crippen molar-refractivity contribution in [3.63, 3.8) is 0 Å². The first-order valence-corrected chi connectivity index (χ1v) is 9.52. The van der Waals surface area contributed by atoms with Crippen LogP contribution in [0.25, 0.3) is 0 Å². The standard InChI is InChI=1S/C13H25NO4Si/c1-8(18-19(6,7)13(3,4)5)10-11(12(16)14-10)17-9(2)15/h8,10-11H,1-7H3,(H,14,16). The lowest BCUT2D eigenvalue weighted by Crippen LogP contribution is -2.69. The van der Waals surface area contributed by atoms with Crippen molar-refractivity contribution in [1.29, 1.82) is 0 Å². The summed E-state index contributed by atoms with van der Waals surface area (Å²) in [6.45, 7) is 14.0. The molecule has 3 atom stereocenters. The van der Waals surface area contributed by atoms with E-state index in [-0.39, 0.29) is 23.1 Å². The molecule has 0 spiro atoms. The first kappa shape index (κ1) is 16.2. The average Bonchev–Trinajstić information content (AvgIpc) is 2.20. The zero-order valence-corrected chi connectivity index (χ0v) is 13.9. The Morgan fingerprint density at radius 1 is 1.37 bits per heavy atom. The summed E-state index contributed by atoms with van der Waals surface area (Å²) < 4.78 is 11.2. The van der Waals surface area contributed by atoms with Gasteiger partial charge >= 0.3 is 5.97 Å². The van der Waals surface area contributed by atoms with Gasteiger partial charge in [-0.2, -0.15) is 0 Å².